The van der Waals surface area contributed by atoms with E-state index in [-0.39, 0.29) is 0 Å². The summed E-state index contributed by atoms with van der Waals surface area (Å²) in [5, 5.41) is 4.36. The minimum absolute atomic E-state index is 0.785. The summed E-state index contributed by atoms with van der Waals surface area (Å²) in [6.07, 6.45) is 5.55. The number of rotatable bonds is 0. The van der Waals surface area contributed by atoms with Gasteiger partial charge in [-0.3, -0.25) is 0 Å². The number of nitrogens with one attached hydrogen (secondary N) is 1. The van der Waals surface area contributed by atoms with Gasteiger partial charge in [0.2, 0.25) is 0 Å². The zero-order chi connectivity index (χ0) is 10.3. The van der Waals surface area contributed by atoms with Gasteiger partial charge in [-0.15, -0.1) is 0 Å². The Balaban J connectivity index is 1.99. The van der Waals surface area contributed by atoms with E-state index in [0.717, 1.165) is 23.4 Å². The molecule has 15 heavy (non-hydrogen) atoms. The van der Waals surface area contributed by atoms with Crippen LogP contribution in [0.25, 0.3) is 0 Å². The average Bonchev–Trinajstić information content (AvgIpc) is 2.28. The van der Waals surface area contributed by atoms with Crippen molar-refractivity contribution >= 4 is 17.3 Å². The van der Waals surface area contributed by atoms with Crippen molar-refractivity contribution in [2.45, 2.75) is 31.6 Å². The minimum atomic E-state index is 0.785. The van der Waals surface area contributed by atoms with Crippen molar-refractivity contribution in [2.24, 2.45) is 5.92 Å². The molecule has 2 heteroatoms. The van der Waals surface area contributed by atoms with Crippen LogP contribution in [0.1, 0.15) is 37.2 Å². The highest BCUT2D eigenvalue weighted by atomic mass is 35.5. The lowest BCUT2D eigenvalue weighted by Crippen LogP contribution is -2.30. The highest BCUT2D eigenvalue weighted by Gasteiger charge is 2.31. The quantitative estimate of drug-likeness (QED) is 0.697. The normalized spacial score (nSPS) is 28.9. The number of fused-ring (bicyclic) bond motifs is 3. The molecule has 2 aliphatic rings. The molecule has 1 N–H and O–H groups in total. The molecule has 0 spiro atoms. The number of hydrogen-bond acceptors (Lipinski definition) is 1. The van der Waals surface area contributed by atoms with Crippen molar-refractivity contribution in [1.29, 1.82) is 0 Å². The van der Waals surface area contributed by atoms with Gasteiger partial charge < -0.3 is 5.32 Å². The lowest BCUT2D eigenvalue weighted by molar-refractivity contribution is 0.313. The van der Waals surface area contributed by atoms with Gasteiger partial charge >= 0.3 is 0 Å². The molecular weight excluding hydrogens is 206 g/mol. The smallest absolute Gasteiger partial charge is 0.0426 e. The maximum Gasteiger partial charge on any atom is 0.0426 e. The predicted octanol–water partition coefficient (Wildman–Crippen LogP) is 4.04. The van der Waals surface area contributed by atoms with Crippen molar-refractivity contribution in [3.63, 3.8) is 0 Å². The average molecular weight is 222 g/mol. The van der Waals surface area contributed by atoms with Gasteiger partial charge in [-0.05, 0) is 42.4 Å². The fourth-order valence-corrected chi connectivity index (χ4v) is 3.28. The Morgan fingerprint density at radius 1 is 1.20 bits per heavy atom. The predicted molar refractivity (Wildman–Crippen MR) is 64.6 cm³/mol. The summed E-state index contributed by atoms with van der Waals surface area (Å²) >= 11 is 6.01. The molecular formula is C13H16ClN. The molecule has 80 valence electrons. The van der Waals surface area contributed by atoms with Gasteiger partial charge in [-0.1, -0.05) is 30.5 Å². The highest BCUT2D eigenvalue weighted by Crippen LogP contribution is 2.44. The van der Waals surface area contributed by atoms with Gasteiger partial charge in [0, 0.05) is 17.3 Å². The van der Waals surface area contributed by atoms with E-state index >= 15 is 0 Å². The summed E-state index contributed by atoms with van der Waals surface area (Å²) in [4.78, 5) is 0. The number of benzene rings is 1. The van der Waals surface area contributed by atoms with E-state index in [2.05, 4.69) is 17.4 Å². The maximum atomic E-state index is 6.01. The lowest BCUT2D eigenvalue weighted by atomic mass is 9.73. The lowest BCUT2D eigenvalue weighted by Gasteiger charge is -2.37. The van der Waals surface area contributed by atoms with Crippen LogP contribution in [0.2, 0.25) is 5.02 Å². The van der Waals surface area contributed by atoms with Crippen LogP contribution in [0.5, 0.6) is 0 Å². The second kappa shape index (κ2) is 3.71. The van der Waals surface area contributed by atoms with Crippen LogP contribution in [0.4, 0.5) is 5.69 Å². The first-order chi connectivity index (χ1) is 7.34. The molecule has 1 aromatic carbocycles. The standard InChI is InChI=1S/C13H16ClN/c14-10-5-6-12-11-4-2-1-3-9(11)8-15-13(12)7-10/h5-7,9,11,15H,1-4,8H2. The molecule has 1 aliphatic carbocycles. The van der Waals surface area contributed by atoms with E-state index in [1.807, 2.05) is 6.07 Å². The first kappa shape index (κ1) is 9.53. The van der Waals surface area contributed by atoms with Gasteiger partial charge in [0.05, 0.1) is 0 Å². The molecule has 0 radical (unpaired) electrons. The Labute approximate surface area is 95.8 Å². The van der Waals surface area contributed by atoms with Crippen LogP contribution < -0.4 is 5.32 Å². The van der Waals surface area contributed by atoms with E-state index < -0.39 is 0 Å². The second-order valence-electron chi connectivity index (χ2n) is 4.76. The Bertz CT molecular complexity index is 375. The number of anilines is 1. The van der Waals surface area contributed by atoms with Gasteiger partial charge in [0.25, 0.3) is 0 Å². The summed E-state index contributed by atoms with van der Waals surface area (Å²) in [6, 6.07) is 6.31. The van der Waals surface area contributed by atoms with Crippen molar-refractivity contribution in [3.05, 3.63) is 28.8 Å². The Kier molecular flexibility index (Phi) is 2.36. The van der Waals surface area contributed by atoms with E-state index in [9.17, 15) is 0 Å². The molecule has 0 bridgehead atoms. The first-order valence-electron chi connectivity index (χ1n) is 5.88. The molecule has 2 unspecified atom stereocenters. The highest BCUT2D eigenvalue weighted by molar-refractivity contribution is 6.30. The summed E-state index contributed by atoms with van der Waals surface area (Å²) < 4.78 is 0. The molecule has 1 heterocycles. The molecule has 1 aliphatic heterocycles. The van der Waals surface area contributed by atoms with Crippen LogP contribution in [-0.2, 0) is 0 Å². The summed E-state index contributed by atoms with van der Waals surface area (Å²) in [7, 11) is 0. The SMILES string of the molecule is Clc1ccc2c(c1)NCC1CCCCC21. The van der Waals surface area contributed by atoms with E-state index in [1.54, 1.807) is 0 Å². The zero-order valence-electron chi connectivity index (χ0n) is 8.80. The Morgan fingerprint density at radius 2 is 2.07 bits per heavy atom. The van der Waals surface area contributed by atoms with Gasteiger partial charge in [-0.2, -0.15) is 0 Å². The van der Waals surface area contributed by atoms with Crippen LogP contribution in [0, 0.1) is 5.92 Å². The van der Waals surface area contributed by atoms with Crippen molar-refractivity contribution in [3.8, 4) is 0 Å². The molecule has 3 rings (SSSR count). The molecule has 1 fully saturated rings. The molecule has 0 saturated heterocycles. The Hall–Kier alpha value is -0.690. The molecule has 0 aromatic heterocycles. The van der Waals surface area contributed by atoms with Crippen molar-refractivity contribution in [1.82, 2.24) is 0 Å². The van der Waals surface area contributed by atoms with E-state index in [4.69, 9.17) is 11.6 Å². The van der Waals surface area contributed by atoms with Crippen molar-refractivity contribution < 1.29 is 0 Å². The fraction of sp³-hybridized carbons (Fsp3) is 0.538. The van der Waals surface area contributed by atoms with Crippen LogP contribution >= 0.6 is 11.6 Å². The zero-order valence-corrected chi connectivity index (χ0v) is 9.56. The summed E-state index contributed by atoms with van der Waals surface area (Å²) in [5.74, 6) is 1.64. The molecule has 2 atom stereocenters. The molecule has 1 saturated carbocycles. The van der Waals surface area contributed by atoms with Crippen LogP contribution in [0.15, 0.2) is 18.2 Å². The maximum absolute atomic E-state index is 6.01. The molecule has 1 nitrogen and oxygen atoms in total. The summed E-state index contributed by atoms with van der Waals surface area (Å²) in [6.45, 7) is 1.14. The number of halogens is 1. The topological polar surface area (TPSA) is 12.0 Å². The minimum Gasteiger partial charge on any atom is -0.384 e. The third kappa shape index (κ3) is 1.63. The monoisotopic (exact) mass is 221 g/mol. The molecule has 1 aromatic rings. The largest absolute Gasteiger partial charge is 0.384 e. The Morgan fingerprint density at radius 3 is 3.00 bits per heavy atom. The van der Waals surface area contributed by atoms with E-state index in [0.29, 0.717) is 0 Å². The van der Waals surface area contributed by atoms with Gasteiger partial charge in [0.15, 0.2) is 0 Å². The first-order valence-corrected chi connectivity index (χ1v) is 6.26. The summed E-state index contributed by atoms with van der Waals surface area (Å²) in [5.41, 5.74) is 2.76. The van der Waals surface area contributed by atoms with Crippen LogP contribution in [0.3, 0.4) is 0 Å². The third-order valence-electron chi connectivity index (χ3n) is 3.88. The van der Waals surface area contributed by atoms with Crippen molar-refractivity contribution in [2.75, 3.05) is 11.9 Å². The third-order valence-corrected chi connectivity index (χ3v) is 4.11. The fourth-order valence-electron chi connectivity index (χ4n) is 3.11. The number of hydrogen-bond donors (Lipinski definition) is 1. The second-order valence-corrected chi connectivity index (χ2v) is 5.20. The van der Waals surface area contributed by atoms with Gasteiger partial charge in [-0.25, -0.2) is 0 Å². The molecule has 0 amide bonds. The van der Waals surface area contributed by atoms with Crippen LogP contribution in [-0.4, -0.2) is 6.54 Å². The van der Waals surface area contributed by atoms with E-state index in [1.165, 1.54) is 36.9 Å². The van der Waals surface area contributed by atoms with Gasteiger partial charge in [0.1, 0.15) is 0 Å².